The highest BCUT2D eigenvalue weighted by atomic mass is 32.2. The lowest BCUT2D eigenvalue weighted by atomic mass is 9.95. The molecular formula is C27H30N4O3S2. The highest BCUT2D eigenvalue weighted by molar-refractivity contribution is 8.00. The number of fused-ring (bicyclic) bond motifs is 4. The van der Waals surface area contributed by atoms with Crippen molar-refractivity contribution in [2.45, 2.75) is 70.7 Å². The van der Waals surface area contributed by atoms with Crippen LogP contribution in [0.15, 0.2) is 23.4 Å². The van der Waals surface area contributed by atoms with E-state index in [1.807, 2.05) is 17.4 Å². The van der Waals surface area contributed by atoms with Crippen LogP contribution in [0, 0.1) is 20.8 Å². The highest BCUT2D eigenvalue weighted by Crippen LogP contribution is 2.39. The average molecular weight is 523 g/mol. The summed E-state index contributed by atoms with van der Waals surface area (Å²) in [5.41, 5.74) is 6.88. The molecule has 1 aliphatic carbocycles. The first-order valence-corrected chi connectivity index (χ1v) is 14.0. The topological polar surface area (TPSA) is 85.6 Å². The summed E-state index contributed by atoms with van der Waals surface area (Å²) in [5.74, 6) is -0.534. The number of esters is 1. The minimum Gasteiger partial charge on any atom is -0.462 e. The third kappa shape index (κ3) is 4.39. The number of nitrogens with zero attached hydrogens (tertiary/aromatic N) is 3. The summed E-state index contributed by atoms with van der Waals surface area (Å²) in [6, 6.07) is 6.36. The van der Waals surface area contributed by atoms with Gasteiger partial charge in [0.2, 0.25) is 5.91 Å². The Kier molecular flexibility index (Phi) is 6.78. The molecule has 1 atom stereocenters. The van der Waals surface area contributed by atoms with Gasteiger partial charge in [-0.25, -0.2) is 4.79 Å². The molecule has 0 radical (unpaired) electrons. The van der Waals surface area contributed by atoms with Crippen LogP contribution in [0.2, 0.25) is 0 Å². The van der Waals surface area contributed by atoms with E-state index < -0.39 is 5.25 Å². The van der Waals surface area contributed by atoms with E-state index in [1.165, 1.54) is 33.5 Å². The molecule has 7 nitrogen and oxygen atoms in total. The quantitative estimate of drug-likeness (QED) is 0.245. The minimum atomic E-state index is -0.450. The Morgan fingerprint density at radius 2 is 1.92 bits per heavy atom. The molecule has 0 bridgehead atoms. The molecule has 188 valence electrons. The number of pyridine rings is 1. The van der Waals surface area contributed by atoms with Crippen LogP contribution in [0.1, 0.15) is 64.2 Å². The first-order valence-electron chi connectivity index (χ1n) is 12.3. The van der Waals surface area contributed by atoms with Crippen molar-refractivity contribution >= 4 is 56.5 Å². The van der Waals surface area contributed by atoms with Crippen LogP contribution in [-0.4, -0.2) is 38.3 Å². The van der Waals surface area contributed by atoms with Crippen LogP contribution in [0.5, 0.6) is 0 Å². The van der Waals surface area contributed by atoms with Gasteiger partial charge in [-0.05, 0) is 89.1 Å². The van der Waals surface area contributed by atoms with Gasteiger partial charge in [0, 0.05) is 10.3 Å². The number of nitrogens with one attached hydrogen (secondary N) is 1. The van der Waals surface area contributed by atoms with Gasteiger partial charge in [0.1, 0.15) is 5.00 Å². The molecule has 1 aromatic carbocycles. The summed E-state index contributed by atoms with van der Waals surface area (Å²) >= 11 is 2.87. The lowest BCUT2D eigenvalue weighted by Gasteiger charge is -2.14. The fourth-order valence-electron chi connectivity index (χ4n) is 4.99. The number of rotatable bonds is 6. The predicted octanol–water partition coefficient (Wildman–Crippen LogP) is 6.04. The molecule has 0 saturated heterocycles. The van der Waals surface area contributed by atoms with Crippen molar-refractivity contribution in [1.82, 2.24) is 14.6 Å². The smallest absolute Gasteiger partial charge is 0.341 e. The van der Waals surface area contributed by atoms with Crippen molar-refractivity contribution in [2.75, 3.05) is 11.9 Å². The van der Waals surface area contributed by atoms with Gasteiger partial charge in [-0.2, -0.15) is 0 Å². The van der Waals surface area contributed by atoms with Crippen molar-refractivity contribution in [3.05, 3.63) is 50.9 Å². The second-order valence-corrected chi connectivity index (χ2v) is 11.8. The van der Waals surface area contributed by atoms with Crippen LogP contribution in [0.4, 0.5) is 5.00 Å². The maximum Gasteiger partial charge on any atom is 0.341 e. The van der Waals surface area contributed by atoms with Crippen molar-refractivity contribution in [1.29, 1.82) is 0 Å². The summed E-state index contributed by atoms with van der Waals surface area (Å²) in [4.78, 5) is 27.3. The molecule has 5 rings (SSSR count). The standard InChI is InChI=1S/C27H30N4O3S2/c1-6-34-26(33)22-18-9-7-8-10-20(18)36-25(22)28-24(32)17(5)35-27-30-29-21-13-15(3)19-12-14(2)11-16(4)23(19)31(21)27/h11-13,17H,6-10H2,1-5H3,(H,28,32). The number of carbonyl (C=O) groups is 2. The molecule has 36 heavy (non-hydrogen) atoms. The van der Waals surface area contributed by atoms with Crippen LogP contribution < -0.4 is 5.32 Å². The van der Waals surface area contributed by atoms with Crippen molar-refractivity contribution in [3.63, 3.8) is 0 Å². The fraction of sp³-hybridized carbons (Fsp3) is 0.407. The number of benzene rings is 1. The van der Waals surface area contributed by atoms with Gasteiger partial charge in [0.05, 0.1) is 22.9 Å². The number of aryl methyl sites for hydroxylation is 4. The van der Waals surface area contributed by atoms with E-state index in [0.717, 1.165) is 58.9 Å². The molecule has 1 amide bonds. The van der Waals surface area contributed by atoms with Gasteiger partial charge in [-0.15, -0.1) is 21.5 Å². The molecule has 0 aliphatic heterocycles. The maximum atomic E-state index is 13.3. The summed E-state index contributed by atoms with van der Waals surface area (Å²) in [6.07, 6.45) is 3.92. The summed E-state index contributed by atoms with van der Waals surface area (Å²) < 4.78 is 7.37. The van der Waals surface area contributed by atoms with Crippen LogP contribution in [0.3, 0.4) is 0 Å². The third-order valence-corrected chi connectivity index (χ3v) is 8.89. The number of amides is 1. The number of thioether (sulfide) groups is 1. The lowest BCUT2D eigenvalue weighted by Crippen LogP contribution is -2.23. The molecule has 1 unspecified atom stereocenters. The Hall–Kier alpha value is -2.91. The Balaban J connectivity index is 1.45. The average Bonchev–Trinajstić information content (AvgIpc) is 3.39. The van der Waals surface area contributed by atoms with E-state index >= 15 is 0 Å². The van der Waals surface area contributed by atoms with Gasteiger partial charge in [-0.1, -0.05) is 23.4 Å². The second kappa shape index (κ2) is 9.86. The summed E-state index contributed by atoms with van der Waals surface area (Å²) in [7, 11) is 0. The Bertz CT molecular complexity index is 1500. The largest absolute Gasteiger partial charge is 0.462 e. The zero-order valence-corrected chi connectivity index (χ0v) is 22.9. The fourth-order valence-corrected chi connectivity index (χ4v) is 7.13. The molecule has 3 aromatic heterocycles. The number of aromatic nitrogens is 3. The van der Waals surface area contributed by atoms with Gasteiger partial charge in [0.25, 0.3) is 0 Å². The van der Waals surface area contributed by atoms with Crippen LogP contribution in [0.25, 0.3) is 16.6 Å². The molecule has 9 heteroatoms. The summed E-state index contributed by atoms with van der Waals surface area (Å²) in [6.45, 7) is 10.2. The third-order valence-electron chi connectivity index (χ3n) is 6.64. The molecule has 1 aliphatic rings. The van der Waals surface area contributed by atoms with Gasteiger partial charge in [-0.3, -0.25) is 9.20 Å². The van der Waals surface area contributed by atoms with Crippen LogP contribution in [-0.2, 0) is 22.4 Å². The Morgan fingerprint density at radius 1 is 1.14 bits per heavy atom. The number of hydrogen-bond donors (Lipinski definition) is 1. The van der Waals surface area contributed by atoms with Crippen molar-refractivity contribution in [3.8, 4) is 0 Å². The maximum absolute atomic E-state index is 13.3. The number of anilines is 1. The lowest BCUT2D eigenvalue weighted by molar-refractivity contribution is -0.115. The van der Waals surface area contributed by atoms with Gasteiger partial charge < -0.3 is 10.1 Å². The molecule has 4 aromatic rings. The molecule has 3 heterocycles. The second-order valence-electron chi connectivity index (χ2n) is 9.37. The molecular weight excluding hydrogens is 492 g/mol. The number of hydrogen-bond acceptors (Lipinski definition) is 7. The molecule has 0 saturated carbocycles. The zero-order chi connectivity index (χ0) is 25.6. The number of thiophene rings is 1. The number of ether oxygens (including phenoxy) is 1. The van der Waals surface area contributed by atoms with E-state index in [2.05, 4.69) is 48.4 Å². The van der Waals surface area contributed by atoms with E-state index in [-0.39, 0.29) is 11.9 Å². The highest BCUT2D eigenvalue weighted by Gasteiger charge is 2.29. The van der Waals surface area contributed by atoms with Crippen molar-refractivity contribution < 1.29 is 14.3 Å². The molecule has 0 fully saturated rings. The summed E-state index contributed by atoms with van der Waals surface area (Å²) in [5, 5.41) is 13.8. The van der Waals surface area contributed by atoms with E-state index in [9.17, 15) is 9.59 Å². The SMILES string of the molecule is CCOC(=O)c1c(NC(=O)C(C)Sc2nnc3cc(C)c4cc(C)cc(C)c4n23)sc2c1CCCC2. The van der Waals surface area contributed by atoms with E-state index in [1.54, 1.807) is 6.92 Å². The Morgan fingerprint density at radius 3 is 2.69 bits per heavy atom. The number of carbonyl (C=O) groups excluding carboxylic acids is 2. The molecule has 1 N–H and O–H groups in total. The minimum absolute atomic E-state index is 0.176. The van der Waals surface area contributed by atoms with Crippen LogP contribution >= 0.6 is 23.1 Å². The zero-order valence-electron chi connectivity index (χ0n) is 21.2. The van der Waals surface area contributed by atoms with Gasteiger partial charge in [0.15, 0.2) is 10.8 Å². The monoisotopic (exact) mass is 522 g/mol. The first kappa shape index (κ1) is 24.8. The molecule has 0 spiro atoms. The van der Waals surface area contributed by atoms with Crippen molar-refractivity contribution in [2.24, 2.45) is 0 Å². The normalized spacial score (nSPS) is 14.1. The Labute approximate surface area is 218 Å². The first-order chi connectivity index (χ1) is 17.3. The van der Waals surface area contributed by atoms with E-state index in [0.29, 0.717) is 22.3 Å². The van der Waals surface area contributed by atoms with E-state index in [4.69, 9.17) is 4.74 Å². The van der Waals surface area contributed by atoms with Gasteiger partial charge >= 0.3 is 5.97 Å². The predicted molar refractivity (Wildman–Crippen MR) is 146 cm³/mol.